The van der Waals surface area contributed by atoms with Crippen molar-refractivity contribution in [1.29, 1.82) is 0 Å². The predicted molar refractivity (Wildman–Crippen MR) is 86.5 cm³/mol. The molecule has 0 saturated heterocycles. The molecule has 0 bridgehead atoms. The highest BCUT2D eigenvalue weighted by Crippen LogP contribution is 2.19. The fraction of sp³-hybridized carbons (Fsp3) is 0.0714. The summed E-state index contributed by atoms with van der Waals surface area (Å²) in [6.45, 7) is 0.204. The van der Waals surface area contributed by atoms with Crippen molar-refractivity contribution in [2.24, 2.45) is 0 Å². The van der Waals surface area contributed by atoms with E-state index in [0.29, 0.717) is 11.4 Å². The third-order valence-corrected chi connectivity index (χ3v) is 3.98. The number of anilines is 1. The minimum atomic E-state index is -3.68. The van der Waals surface area contributed by atoms with Crippen LogP contribution in [-0.2, 0) is 16.8 Å². The third-order valence-electron chi connectivity index (χ3n) is 2.95. The maximum absolute atomic E-state index is 12.0. The number of ether oxygens (including phenoxy) is 1. The summed E-state index contributed by atoms with van der Waals surface area (Å²) in [5.74, 6) is 0.455. The van der Waals surface area contributed by atoms with E-state index in [1.165, 1.54) is 0 Å². The zero-order valence-corrected chi connectivity index (χ0v) is 13.2. The second-order valence-corrected chi connectivity index (χ2v) is 6.23. The Balaban J connectivity index is 1.58. The lowest BCUT2D eigenvalue weighted by Crippen LogP contribution is -2.29. The van der Waals surface area contributed by atoms with E-state index in [2.05, 4.69) is 30.1 Å². The first-order valence-corrected chi connectivity index (χ1v) is 8.42. The van der Waals surface area contributed by atoms with E-state index in [1.807, 2.05) is 30.3 Å². The lowest BCUT2D eigenvalue weighted by atomic mass is 10.2. The van der Waals surface area contributed by atoms with Gasteiger partial charge in [-0.25, -0.2) is 0 Å². The lowest BCUT2D eigenvalue weighted by molar-refractivity contribution is 0.442. The van der Waals surface area contributed by atoms with Crippen molar-refractivity contribution >= 4 is 15.9 Å². The number of nitrogens with zero attached hydrogens (tertiary/aromatic N) is 3. The SMILES string of the molecule is O=S(=O)(NCc1ccccc1)Nc1ccc(Oc2nn[nH]n2)cc1. The van der Waals surface area contributed by atoms with Crippen LogP contribution in [0.4, 0.5) is 5.69 Å². The average molecular weight is 346 g/mol. The van der Waals surface area contributed by atoms with Crippen LogP contribution in [0.2, 0.25) is 0 Å². The van der Waals surface area contributed by atoms with Gasteiger partial charge in [0.2, 0.25) is 0 Å². The van der Waals surface area contributed by atoms with Crippen LogP contribution in [0.5, 0.6) is 11.8 Å². The molecule has 0 unspecified atom stereocenters. The summed E-state index contributed by atoms with van der Waals surface area (Å²) in [5.41, 5.74) is 1.27. The summed E-state index contributed by atoms with van der Waals surface area (Å²) in [6.07, 6.45) is 0. The van der Waals surface area contributed by atoms with E-state index in [-0.39, 0.29) is 12.6 Å². The van der Waals surface area contributed by atoms with Gasteiger partial charge >= 0.3 is 6.01 Å². The Morgan fingerprint density at radius 1 is 1.04 bits per heavy atom. The van der Waals surface area contributed by atoms with E-state index in [9.17, 15) is 8.42 Å². The van der Waals surface area contributed by atoms with Crippen molar-refractivity contribution in [3.05, 3.63) is 60.2 Å². The molecule has 3 aromatic rings. The zero-order chi connectivity index (χ0) is 16.8. The van der Waals surface area contributed by atoms with Crippen LogP contribution in [0, 0.1) is 0 Å². The topological polar surface area (TPSA) is 122 Å². The molecule has 0 aliphatic carbocycles. The Hall–Kier alpha value is -2.98. The van der Waals surface area contributed by atoms with Crippen molar-refractivity contribution in [3.8, 4) is 11.8 Å². The number of aromatic amines is 1. The van der Waals surface area contributed by atoms with Gasteiger partial charge < -0.3 is 4.74 Å². The van der Waals surface area contributed by atoms with E-state index in [1.54, 1.807) is 24.3 Å². The summed E-state index contributed by atoms with van der Waals surface area (Å²) in [6, 6.07) is 15.6. The van der Waals surface area contributed by atoms with Gasteiger partial charge in [-0.2, -0.15) is 18.4 Å². The molecule has 24 heavy (non-hydrogen) atoms. The van der Waals surface area contributed by atoms with Crippen molar-refractivity contribution in [3.63, 3.8) is 0 Å². The smallest absolute Gasteiger partial charge is 0.361 e. The fourth-order valence-electron chi connectivity index (χ4n) is 1.86. The van der Waals surface area contributed by atoms with Gasteiger partial charge in [-0.05, 0) is 35.0 Å². The summed E-state index contributed by atoms with van der Waals surface area (Å²) in [4.78, 5) is 0. The van der Waals surface area contributed by atoms with Crippen LogP contribution in [0.3, 0.4) is 0 Å². The Labute approximate surface area is 138 Å². The molecule has 0 aliphatic heterocycles. The number of benzene rings is 2. The highest BCUT2D eigenvalue weighted by Gasteiger charge is 2.10. The molecular weight excluding hydrogens is 332 g/mol. The largest absolute Gasteiger partial charge is 0.422 e. The van der Waals surface area contributed by atoms with Gasteiger partial charge in [-0.15, -0.1) is 0 Å². The normalized spacial score (nSPS) is 11.2. The van der Waals surface area contributed by atoms with E-state index in [4.69, 9.17) is 4.74 Å². The molecular formula is C14H14N6O3S. The molecule has 124 valence electrons. The standard InChI is InChI=1S/C14H14N6O3S/c21-24(22,15-10-11-4-2-1-3-5-11)18-12-6-8-13(9-7-12)23-14-16-19-20-17-14/h1-9,15,18H,10H2,(H,16,17,19,20). The quantitative estimate of drug-likeness (QED) is 0.595. The number of hydrogen-bond donors (Lipinski definition) is 3. The molecule has 1 heterocycles. The molecule has 3 rings (SSSR count). The van der Waals surface area contributed by atoms with Gasteiger partial charge in [0.15, 0.2) is 0 Å². The number of H-pyrrole nitrogens is 1. The Kier molecular flexibility index (Phi) is 4.68. The van der Waals surface area contributed by atoms with Gasteiger partial charge in [0.05, 0.1) is 5.69 Å². The van der Waals surface area contributed by atoms with Crippen molar-refractivity contribution in [1.82, 2.24) is 25.3 Å². The molecule has 0 spiro atoms. The van der Waals surface area contributed by atoms with Gasteiger partial charge in [0.25, 0.3) is 10.2 Å². The van der Waals surface area contributed by atoms with Crippen LogP contribution in [0.25, 0.3) is 0 Å². The highest BCUT2D eigenvalue weighted by atomic mass is 32.2. The molecule has 9 nitrogen and oxygen atoms in total. The maximum Gasteiger partial charge on any atom is 0.361 e. The predicted octanol–water partition coefficient (Wildman–Crippen LogP) is 1.44. The first kappa shape index (κ1) is 15.9. The molecule has 10 heteroatoms. The average Bonchev–Trinajstić information content (AvgIpc) is 3.09. The number of aromatic nitrogens is 4. The first-order valence-electron chi connectivity index (χ1n) is 6.93. The lowest BCUT2D eigenvalue weighted by Gasteiger charge is -2.10. The van der Waals surface area contributed by atoms with Crippen LogP contribution in [-0.4, -0.2) is 29.0 Å². The van der Waals surface area contributed by atoms with Gasteiger partial charge in [-0.1, -0.05) is 40.5 Å². The van der Waals surface area contributed by atoms with Gasteiger partial charge in [0.1, 0.15) is 5.75 Å². The molecule has 0 aliphatic rings. The summed E-state index contributed by atoms with van der Waals surface area (Å²) in [7, 11) is -3.68. The summed E-state index contributed by atoms with van der Waals surface area (Å²) >= 11 is 0. The number of nitrogens with one attached hydrogen (secondary N) is 3. The second kappa shape index (κ2) is 7.06. The van der Waals surface area contributed by atoms with E-state index >= 15 is 0 Å². The Bertz CT molecular complexity index is 867. The van der Waals surface area contributed by atoms with E-state index < -0.39 is 10.2 Å². The molecule has 0 atom stereocenters. The molecule has 0 fully saturated rings. The van der Waals surface area contributed by atoms with Crippen LogP contribution in [0.15, 0.2) is 54.6 Å². The van der Waals surface area contributed by atoms with Gasteiger partial charge in [0, 0.05) is 6.54 Å². The minimum absolute atomic E-state index is 0.0767. The third kappa shape index (κ3) is 4.51. The van der Waals surface area contributed by atoms with Crippen molar-refractivity contribution in [2.75, 3.05) is 4.72 Å². The van der Waals surface area contributed by atoms with Crippen LogP contribution >= 0.6 is 0 Å². The zero-order valence-electron chi connectivity index (χ0n) is 12.4. The van der Waals surface area contributed by atoms with Crippen LogP contribution < -0.4 is 14.2 Å². The van der Waals surface area contributed by atoms with Gasteiger partial charge in [-0.3, -0.25) is 4.72 Å². The summed E-state index contributed by atoms with van der Waals surface area (Å²) in [5, 5.41) is 12.9. The van der Waals surface area contributed by atoms with Crippen molar-refractivity contribution in [2.45, 2.75) is 6.54 Å². The van der Waals surface area contributed by atoms with E-state index in [0.717, 1.165) is 5.56 Å². The monoisotopic (exact) mass is 346 g/mol. The number of hydrogen-bond acceptors (Lipinski definition) is 6. The highest BCUT2D eigenvalue weighted by molar-refractivity contribution is 7.90. The fourth-order valence-corrected chi connectivity index (χ4v) is 2.73. The Morgan fingerprint density at radius 3 is 2.46 bits per heavy atom. The molecule has 0 amide bonds. The number of rotatable bonds is 7. The maximum atomic E-state index is 12.0. The molecule has 2 aromatic carbocycles. The second-order valence-electron chi connectivity index (χ2n) is 4.73. The summed E-state index contributed by atoms with van der Waals surface area (Å²) < 4.78 is 34.3. The molecule has 1 aromatic heterocycles. The van der Waals surface area contributed by atoms with Crippen LogP contribution in [0.1, 0.15) is 5.56 Å². The Morgan fingerprint density at radius 2 is 1.79 bits per heavy atom. The number of tetrazole rings is 1. The molecule has 0 radical (unpaired) electrons. The molecule has 3 N–H and O–H groups in total. The molecule has 0 saturated carbocycles. The minimum Gasteiger partial charge on any atom is -0.422 e. The first-order chi connectivity index (χ1) is 11.6. The van der Waals surface area contributed by atoms with Crippen molar-refractivity contribution < 1.29 is 13.2 Å².